The van der Waals surface area contributed by atoms with E-state index in [1.807, 2.05) is 18.7 Å². The standard InChI is InChI=1S/C17H30N2O3/c1-14(2)13-22-16(21)19-10-6-9-18(11-12-19)15(20)17(3)7-4-5-8-17/h14H,4-13H2,1-3H3. The van der Waals surface area contributed by atoms with Crippen molar-refractivity contribution in [2.24, 2.45) is 11.3 Å². The molecule has 0 unspecified atom stereocenters. The normalized spacial score (nSPS) is 21.8. The van der Waals surface area contributed by atoms with Crippen molar-refractivity contribution in [3.8, 4) is 0 Å². The SMILES string of the molecule is CC(C)COC(=O)N1CCCN(C(=O)C2(C)CCCC2)CC1. The molecule has 0 aromatic carbocycles. The molecule has 2 rings (SSSR count). The lowest BCUT2D eigenvalue weighted by molar-refractivity contribution is -0.140. The summed E-state index contributed by atoms with van der Waals surface area (Å²) in [6, 6.07) is 0. The van der Waals surface area contributed by atoms with Gasteiger partial charge < -0.3 is 14.5 Å². The van der Waals surface area contributed by atoms with Gasteiger partial charge in [0.25, 0.3) is 0 Å². The van der Waals surface area contributed by atoms with Gasteiger partial charge in [0.2, 0.25) is 5.91 Å². The molecule has 2 amide bonds. The van der Waals surface area contributed by atoms with Gasteiger partial charge in [-0.2, -0.15) is 0 Å². The largest absolute Gasteiger partial charge is 0.449 e. The quantitative estimate of drug-likeness (QED) is 0.805. The third-order valence-corrected chi connectivity index (χ3v) is 4.80. The predicted molar refractivity (Wildman–Crippen MR) is 85.5 cm³/mol. The molecule has 1 aliphatic heterocycles. The van der Waals surface area contributed by atoms with Crippen LogP contribution in [0.1, 0.15) is 52.9 Å². The number of hydrogen-bond acceptors (Lipinski definition) is 3. The number of rotatable bonds is 3. The van der Waals surface area contributed by atoms with Gasteiger partial charge in [0.1, 0.15) is 0 Å². The Bertz CT molecular complexity index is 403. The van der Waals surface area contributed by atoms with E-state index in [-0.39, 0.29) is 17.4 Å². The highest BCUT2D eigenvalue weighted by Crippen LogP contribution is 2.39. The molecule has 1 aliphatic carbocycles. The first-order valence-corrected chi connectivity index (χ1v) is 8.63. The molecule has 1 heterocycles. The van der Waals surface area contributed by atoms with Crippen LogP contribution in [0, 0.1) is 11.3 Å². The summed E-state index contributed by atoms with van der Waals surface area (Å²) >= 11 is 0. The Kier molecular flexibility index (Phi) is 5.70. The average Bonchev–Trinajstić information content (AvgIpc) is 2.79. The molecular weight excluding hydrogens is 280 g/mol. The molecule has 2 fully saturated rings. The molecule has 126 valence electrons. The molecule has 0 radical (unpaired) electrons. The van der Waals surface area contributed by atoms with E-state index in [4.69, 9.17) is 4.74 Å². The minimum atomic E-state index is -0.241. The number of nitrogens with zero attached hydrogens (tertiary/aromatic N) is 2. The first kappa shape index (κ1) is 17.1. The molecule has 0 spiro atoms. The second-order valence-corrected chi connectivity index (χ2v) is 7.37. The minimum absolute atomic E-state index is 0.173. The summed E-state index contributed by atoms with van der Waals surface area (Å²) in [6.07, 6.45) is 4.91. The third-order valence-electron chi connectivity index (χ3n) is 4.80. The van der Waals surface area contributed by atoms with Crippen molar-refractivity contribution in [1.29, 1.82) is 0 Å². The van der Waals surface area contributed by atoms with Gasteiger partial charge in [-0.1, -0.05) is 33.6 Å². The monoisotopic (exact) mass is 310 g/mol. The zero-order chi connectivity index (χ0) is 16.2. The summed E-state index contributed by atoms with van der Waals surface area (Å²) in [6.45, 7) is 9.25. The minimum Gasteiger partial charge on any atom is -0.449 e. The molecule has 5 heteroatoms. The molecule has 22 heavy (non-hydrogen) atoms. The Hall–Kier alpha value is -1.26. The van der Waals surface area contributed by atoms with Crippen LogP contribution >= 0.6 is 0 Å². The molecule has 0 bridgehead atoms. The van der Waals surface area contributed by atoms with Gasteiger partial charge in [0, 0.05) is 31.6 Å². The van der Waals surface area contributed by atoms with Crippen LogP contribution in [0.5, 0.6) is 0 Å². The number of carbonyl (C=O) groups is 2. The highest BCUT2D eigenvalue weighted by atomic mass is 16.6. The Morgan fingerprint density at radius 3 is 2.23 bits per heavy atom. The van der Waals surface area contributed by atoms with Crippen molar-refractivity contribution >= 4 is 12.0 Å². The maximum absolute atomic E-state index is 12.8. The lowest BCUT2D eigenvalue weighted by Gasteiger charge is -2.30. The second-order valence-electron chi connectivity index (χ2n) is 7.37. The topological polar surface area (TPSA) is 49.9 Å². The summed E-state index contributed by atoms with van der Waals surface area (Å²) in [5, 5.41) is 0. The van der Waals surface area contributed by atoms with Crippen LogP contribution in [0.3, 0.4) is 0 Å². The highest BCUT2D eigenvalue weighted by Gasteiger charge is 2.39. The van der Waals surface area contributed by atoms with Crippen LogP contribution in [0.15, 0.2) is 0 Å². The average molecular weight is 310 g/mol. The summed E-state index contributed by atoms with van der Waals surface area (Å²) in [7, 11) is 0. The van der Waals surface area contributed by atoms with E-state index < -0.39 is 0 Å². The van der Waals surface area contributed by atoms with E-state index in [0.29, 0.717) is 32.2 Å². The van der Waals surface area contributed by atoms with Gasteiger partial charge in [0.15, 0.2) is 0 Å². The number of amides is 2. The van der Waals surface area contributed by atoms with E-state index >= 15 is 0 Å². The summed E-state index contributed by atoms with van der Waals surface area (Å²) < 4.78 is 5.30. The zero-order valence-electron chi connectivity index (χ0n) is 14.3. The van der Waals surface area contributed by atoms with Crippen LogP contribution in [-0.4, -0.2) is 54.6 Å². The smallest absolute Gasteiger partial charge is 0.409 e. The lowest BCUT2D eigenvalue weighted by Crippen LogP contribution is -2.43. The van der Waals surface area contributed by atoms with Gasteiger partial charge in [-0.05, 0) is 25.2 Å². The third kappa shape index (κ3) is 4.14. The Morgan fingerprint density at radius 1 is 1.00 bits per heavy atom. The van der Waals surface area contributed by atoms with Crippen LogP contribution in [0.25, 0.3) is 0 Å². The number of carbonyl (C=O) groups excluding carboxylic acids is 2. The first-order valence-electron chi connectivity index (χ1n) is 8.63. The Labute approximate surface area is 134 Å². The Balaban J connectivity index is 1.87. The maximum Gasteiger partial charge on any atom is 0.409 e. The molecule has 1 saturated carbocycles. The predicted octanol–water partition coefficient (Wildman–Crippen LogP) is 2.89. The van der Waals surface area contributed by atoms with Crippen molar-refractivity contribution in [3.05, 3.63) is 0 Å². The van der Waals surface area contributed by atoms with Crippen molar-refractivity contribution < 1.29 is 14.3 Å². The maximum atomic E-state index is 12.8. The Morgan fingerprint density at radius 2 is 1.59 bits per heavy atom. The van der Waals surface area contributed by atoms with Crippen molar-refractivity contribution in [2.45, 2.75) is 52.9 Å². The van der Waals surface area contributed by atoms with Crippen molar-refractivity contribution in [3.63, 3.8) is 0 Å². The summed E-state index contributed by atoms with van der Waals surface area (Å²) in [4.78, 5) is 28.5. The molecule has 5 nitrogen and oxygen atoms in total. The fourth-order valence-electron chi connectivity index (χ4n) is 3.38. The fourth-order valence-corrected chi connectivity index (χ4v) is 3.38. The van der Waals surface area contributed by atoms with E-state index in [9.17, 15) is 9.59 Å². The van der Waals surface area contributed by atoms with E-state index in [1.165, 1.54) is 0 Å². The van der Waals surface area contributed by atoms with Gasteiger partial charge >= 0.3 is 6.09 Å². The van der Waals surface area contributed by atoms with Gasteiger partial charge in [-0.15, -0.1) is 0 Å². The fraction of sp³-hybridized carbons (Fsp3) is 0.882. The van der Waals surface area contributed by atoms with Crippen LogP contribution in [0.4, 0.5) is 4.79 Å². The van der Waals surface area contributed by atoms with Crippen molar-refractivity contribution in [1.82, 2.24) is 9.80 Å². The van der Waals surface area contributed by atoms with E-state index in [1.54, 1.807) is 4.90 Å². The molecule has 2 aliphatic rings. The number of hydrogen-bond donors (Lipinski definition) is 0. The first-order chi connectivity index (χ1) is 10.4. The molecule has 0 aromatic rings. The van der Waals surface area contributed by atoms with Gasteiger partial charge in [0.05, 0.1) is 6.61 Å². The lowest BCUT2D eigenvalue weighted by atomic mass is 9.87. The zero-order valence-corrected chi connectivity index (χ0v) is 14.3. The molecule has 0 aromatic heterocycles. The van der Waals surface area contributed by atoms with Crippen LogP contribution < -0.4 is 0 Å². The van der Waals surface area contributed by atoms with E-state index in [2.05, 4.69) is 6.92 Å². The highest BCUT2D eigenvalue weighted by molar-refractivity contribution is 5.82. The van der Waals surface area contributed by atoms with Crippen LogP contribution in [0.2, 0.25) is 0 Å². The molecule has 0 atom stereocenters. The second kappa shape index (κ2) is 7.34. The van der Waals surface area contributed by atoms with Gasteiger partial charge in [-0.25, -0.2) is 4.79 Å². The summed E-state index contributed by atoms with van der Waals surface area (Å²) in [5.74, 6) is 0.624. The van der Waals surface area contributed by atoms with Crippen molar-refractivity contribution in [2.75, 3.05) is 32.8 Å². The van der Waals surface area contributed by atoms with E-state index in [0.717, 1.165) is 38.6 Å². The molecule has 0 N–H and O–H groups in total. The van der Waals surface area contributed by atoms with Gasteiger partial charge in [-0.3, -0.25) is 4.79 Å². The molecular formula is C17H30N2O3. The number of ether oxygens (including phenoxy) is 1. The molecule has 1 saturated heterocycles. The summed E-state index contributed by atoms with van der Waals surface area (Å²) in [5.41, 5.74) is -0.173. The van der Waals surface area contributed by atoms with Crippen LogP contribution in [-0.2, 0) is 9.53 Å².